The number of nitrogens with one attached hydrogen (secondary N) is 1. The maximum Gasteiger partial charge on any atom is 0.186 e. The molecule has 1 aliphatic rings. The Morgan fingerprint density at radius 1 is 1.33 bits per heavy atom. The van der Waals surface area contributed by atoms with Crippen molar-refractivity contribution < 1.29 is 0 Å². The average molecular weight is 256 g/mol. The van der Waals surface area contributed by atoms with Crippen molar-refractivity contribution in [2.75, 3.05) is 16.8 Å². The lowest BCUT2D eigenvalue weighted by atomic mass is 10.1. The van der Waals surface area contributed by atoms with Gasteiger partial charge in [0.05, 0.1) is 11.2 Å². The number of hydrogen-bond acceptors (Lipinski definition) is 5. The molecule has 3 rings (SSSR count). The van der Waals surface area contributed by atoms with E-state index in [1.54, 1.807) is 0 Å². The van der Waals surface area contributed by atoms with Crippen LogP contribution >= 0.6 is 11.8 Å². The molecule has 1 aliphatic heterocycles. The highest BCUT2D eigenvalue weighted by Crippen LogP contribution is 2.27. The summed E-state index contributed by atoms with van der Waals surface area (Å²) in [5, 5.41) is 21.6. The Labute approximate surface area is 109 Å². The molecule has 1 fully saturated rings. The molecule has 1 aromatic carbocycles. The number of hydrogen-bond donors (Lipinski definition) is 1. The van der Waals surface area contributed by atoms with Crippen LogP contribution in [0.25, 0.3) is 10.9 Å². The van der Waals surface area contributed by atoms with Crippen LogP contribution in [0.5, 0.6) is 0 Å². The third kappa shape index (κ3) is 2.00. The third-order valence-corrected chi connectivity index (χ3v) is 4.21. The Morgan fingerprint density at radius 3 is 3.00 bits per heavy atom. The zero-order valence-electron chi connectivity index (χ0n) is 9.76. The lowest BCUT2D eigenvalue weighted by Crippen LogP contribution is -2.19. The molecule has 5 heteroatoms. The highest BCUT2D eigenvalue weighted by molar-refractivity contribution is 7.99. The molecular weight excluding hydrogens is 244 g/mol. The van der Waals surface area contributed by atoms with Gasteiger partial charge >= 0.3 is 0 Å². The molecule has 2 heterocycles. The number of anilines is 1. The summed E-state index contributed by atoms with van der Waals surface area (Å²) in [6.07, 6.45) is 1.13. The first kappa shape index (κ1) is 11.3. The highest BCUT2D eigenvalue weighted by Gasteiger charge is 2.18. The minimum Gasteiger partial charge on any atom is -0.378 e. The predicted molar refractivity (Wildman–Crippen MR) is 73.6 cm³/mol. The van der Waals surface area contributed by atoms with Gasteiger partial charge in [-0.2, -0.15) is 17.0 Å². The van der Waals surface area contributed by atoms with Crippen LogP contribution in [0.4, 0.5) is 5.69 Å². The van der Waals surface area contributed by atoms with Gasteiger partial charge in [0.15, 0.2) is 5.69 Å². The fourth-order valence-corrected chi connectivity index (χ4v) is 3.28. The molecule has 0 spiro atoms. The summed E-state index contributed by atoms with van der Waals surface area (Å²) in [6.45, 7) is 0. The molecule has 0 aliphatic carbocycles. The van der Waals surface area contributed by atoms with E-state index in [0.717, 1.165) is 28.8 Å². The zero-order valence-corrected chi connectivity index (χ0v) is 10.6. The first-order valence-electron chi connectivity index (χ1n) is 5.88. The number of rotatable bonds is 2. The summed E-state index contributed by atoms with van der Waals surface area (Å²) < 4.78 is 0. The Bertz CT molecular complexity index is 614. The van der Waals surface area contributed by atoms with Gasteiger partial charge in [0.1, 0.15) is 6.07 Å². The van der Waals surface area contributed by atoms with E-state index >= 15 is 0 Å². The van der Waals surface area contributed by atoms with E-state index in [9.17, 15) is 0 Å². The maximum absolute atomic E-state index is 9.15. The number of thioether (sulfide) groups is 1. The Morgan fingerprint density at radius 2 is 2.22 bits per heavy atom. The van der Waals surface area contributed by atoms with Crippen LogP contribution in [0.3, 0.4) is 0 Å². The Balaban J connectivity index is 2.08. The first-order valence-corrected chi connectivity index (χ1v) is 7.04. The summed E-state index contributed by atoms with van der Waals surface area (Å²) in [5.74, 6) is 2.26. The molecule has 1 aromatic heterocycles. The van der Waals surface area contributed by atoms with Gasteiger partial charge in [-0.15, -0.1) is 10.2 Å². The number of fused-ring (bicyclic) bond motifs is 1. The van der Waals surface area contributed by atoms with Crippen molar-refractivity contribution in [1.29, 1.82) is 5.26 Å². The molecule has 1 unspecified atom stereocenters. The molecule has 1 N–H and O–H groups in total. The van der Waals surface area contributed by atoms with Gasteiger partial charge in [-0.05, 0) is 18.2 Å². The fourth-order valence-electron chi connectivity index (χ4n) is 2.13. The van der Waals surface area contributed by atoms with Crippen LogP contribution in [-0.2, 0) is 0 Å². The van der Waals surface area contributed by atoms with E-state index in [1.807, 2.05) is 36.0 Å². The van der Waals surface area contributed by atoms with Crippen molar-refractivity contribution >= 4 is 28.4 Å². The topological polar surface area (TPSA) is 61.6 Å². The molecule has 0 radical (unpaired) electrons. The van der Waals surface area contributed by atoms with Gasteiger partial charge < -0.3 is 5.32 Å². The molecule has 1 saturated heterocycles. The van der Waals surface area contributed by atoms with Crippen LogP contribution in [-0.4, -0.2) is 27.7 Å². The van der Waals surface area contributed by atoms with E-state index in [-0.39, 0.29) is 0 Å². The van der Waals surface area contributed by atoms with Crippen LogP contribution in [0.1, 0.15) is 12.1 Å². The Hall–Kier alpha value is -1.80. The van der Waals surface area contributed by atoms with E-state index in [2.05, 4.69) is 21.6 Å². The second kappa shape index (κ2) is 4.83. The summed E-state index contributed by atoms with van der Waals surface area (Å²) >= 11 is 1.94. The van der Waals surface area contributed by atoms with Gasteiger partial charge in [-0.25, -0.2) is 0 Å². The summed E-state index contributed by atoms with van der Waals surface area (Å²) in [5.41, 5.74) is 2.03. The van der Waals surface area contributed by atoms with Crippen LogP contribution in [0, 0.1) is 11.3 Å². The standard InChI is InChI=1S/C13H12N4S/c14-7-12-13(15-9-5-6-18-8-9)10-3-1-2-4-11(10)16-17-12/h1-4,9H,5-6,8H2,(H,15,16). The van der Waals surface area contributed by atoms with Gasteiger partial charge in [-0.1, -0.05) is 18.2 Å². The zero-order chi connectivity index (χ0) is 12.4. The third-order valence-electron chi connectivity index (χ3n) is 3.05. The number of nitriles is 1. The van der Waals surface area contributed by atoms with E-state index in [1.165, 1.54) is 5.75 Å². The van der Waals surface area contributed by atoms with Crippen molar-refractivity contribution in [3.63, 3.8) is 0 Å². The summed E-state index contributed by atoms with van der Waals surface area (Å²) in [7, 11) is 0. The molecule has 2 aromatic rings. The monoisotopic (exact) mass is 256 g/mol. The van der Waals surface area contributed by atoms with Gasteiger partial charge in [0.2, 0.25) is 0 Å². The molecular formula is C13H12N4S. The molecule has 1 atom stereocenters. The predicted octanol–water partition coefficient (Wildman–Crippen LogP) is 2.42. The van der Waals surface area contributed by atoms with E-state index < -0.39 is 0 Å². The molecule has 4 nitrogen and oxygen atoms in total. The number of benzene rings is 1. The van der Waals surface area contributed by atoms with E-state index in [0.29, 0.717) is 11.7 Å². The van der Waals surface area contributed by atoms with Crippen LogP contribution in [0.15, 0.2) is 24.3 Å². The van der Waals surface area contributed by atoms with Crippen molar-refractivity contribution in [1.82, 2.24) is 10.2 Å². The second-order valence-corrected chi connectivity index (χ2v) is 5.41. The molecule has 90 valence electrons. The van der Waals surface area contributed by atoms with Crippen molar-refractivity contribution in [2.45, 2.75) is 12.5 Å². The summed E-state index contributed by atoms with van der Waals surface area (Å²) in [6, 6.07) is 10.3. The largest absolute Gasteiger partial charge is 0.378 e. The van der Waals surface area contributed by atoms with Crippen molar-refractivity contribution in [2.24, 2.45) is 0 Å². The highest BCUT2D eigenvalue weighted by atomic mass is 32.2. The van der Waals surface area contributed by atoms with Crippen LogP contribution in [0.2, 0.25) is 0 Å². The quantitative estimate of drug-likeness (QED) is 0.894. The van der Waals surface area contributed by atoms with Gasteiger partial charge in [0.25, 0.3) is 0 Å². The smallest absolute Gasteiger partial charge is 0.186 e. The van der Waals surface area contributed by atoms with Crippen molar-refractivity contribution in [3.05, 3.63) is 30.0 Å². The molecule has 0 amide bonds. The minimum atomic E-state index is 0.380. The van der Waals surface area contributed by atoms with E-state index in [4.69, 9.17) is 5.26 Å². The molecule has 18 heavy (non-hydrogen) atoms. The first-order chi connectivity index (χ1) is 8.88. The lowest BCUT2D eigenvalue weighted by Gasteiger charge is -2.15. The Kier molecular flexibility index (Phi) is 3.03. The normalized spacial score (nSPS) is 18.7. The van der Waals surface area contributed by atoms with Crippen molar-refractivity contribution in [3.8, 4) is 6.07 Å². The fraction of sp³-hybridized carbons (Fsp3) is 0.308. The SMILES string of the molecule is N#Cc1nnc2ccccc2c1NC1CCSC1. The average Bonchev–Trinajstić information content (AvgIpc) is 2.92. The minimum absolute atomic E-state index is 0.380. The van der Waals surface area contributed by atoms with Crippen LogP contribution < -0.4 is 5.32 Å². The maximum atomic E-state index is 9.15. The number of aromatic nitrogens is 2. The second-order valence-electron chi connectivity index (χ2n) is 4.26. The van der Waals surface area contributed by atoms with Gasteiger partial charge in [0, 0.05) is 17.2 Å². The molecule has 0 saturated carbocycles. The molecule has 0 bridgehead atoms. The number of nitrogens with zero attached hydrogens (tertiary/aromatic N) is 3. The van der Waals surface area contributed by atoms with Gasteiger partial charge in [-0.3, -0.25) is 0 Å². The lowest BCUT2D eigenvalue weighted by molar-refractivity contribution is 0.811. The summed E-state index contributed by atoms with van der Waals surface area (Å²) in [4.78, 5) is 0.